The fourth-order valence-corrected chi connectivity index (χ4v) is 2.28. The Morgan fingerprint density at radius 1 is 0.950 bits per heavy atom. The summed E-state index contributed by atoms with van der Waals surface area (Å²) < 4.78 is 6.03. The highest BCUT2D eigenvalue weighted by Crippen LogP contribution is 2.30. The quantitative estimate of drug-likeness (QED) is 0.629. The first-order chi connectivity index (χ1) is 9.70. The van der Waals surface area contributed by atoms with E-state index in [1.165, 1.54) is 24.0 Å². The molecule has 2 rings (SSSR count). The van der Waals surface area contributed by atoms with E-state index in [2.05, 4.69) is 57.2 Å². The van der Waals surface area contributed by atoms with Crippen molar-refractivity contribution < 1.29 is 4.74 Å². The van der Waals surface area contributed by atoms with E-state index in [9.17, 15) is 0 Å². The molecule has 0 aromatic heterocycles. The van der Waals surface area contributed by atoms with Gasteiger partial charge in [-0.3, -0.25) is 0 Å². The van der Waals surface area contributed by atoms with Gasteiger partial charge in [-0.2, -0.15) is 0 Å². The highest BCUT2D eigenvalue weighted by Gasteiger charge is 2.07. The molecular weight excluding hydrogens is 244 g/mol. The van der Waals surface area contributed by atoms with E-state index in [-0.39, 0.29) is 0 Å². The average molecular weight is 268 g/mol. The van der Waals surface area contributed by atoms with Crippen molar-refractivity contribution in [2.75, 3.05) is 0 Å². The van der Waals surface area contributed by atoms with Crippen LogP contribution in [0.5, 0.6) is 11.5 Å². The number of unbranched alkanes of at least 4 members (excludes halogenated alkanes) is 1. The second-order valence-electron chi connectivity index (χ2n) is 5.54. The molecule has 0 unspecified atom stereocenters. The van der Waals surface area contributed by atoms with E-state index in [4.69, 9.17) is 4.74 Å². The molecule has 0 saturated carbocycles. The van der Waals surface area contributed by atoms with Crippen LogP contribution >= 0.6 is 0 Å². The third-order valence-electron chi connectivity index (χ3n) is 3.51. The number of benzene rings is 2. The normalized spacial score (nSPS) is 10.8. The Balaban J connectivity index is 2.10. The molecule has 0 aliphatic heterocycles. The second-order valence-corrected chi connectivity index (χ2v) is 5.54. The van der Waals surface area contributed by atoms with E-state index in [0.717, 1.165) is 17.9 Å². The molecule has 0 bridgehead atoms. The fourth-order valence-electron chi connectivity index (χ4n) is 2.28. The lowest BCUT2D eigenvalue weighted by Crippen LogP contribution is -1.93. The third kappa shape index (κ3) is 3.86. The minimum atomic E-state index is 0.468. The van der Waals surface area contributed by atoms with Crippen LogP contribution in [0.3, 0.4) is 0 Å². The van der Waals surface area contributed by atoms with Crippen LogP contribution in [0.1, 0.15) is 50.7 Å². The molecule has 0 saturated heterocycles. The summed E-state index contributed by atoms with van der Waals surface area (Å²) in [5, 5.41) is 0. The zero-order chi connectivity index (χ0) is 14.4. The number of rotatable bonds is 6. The smallest absolute Gasteiger partial charge is 0.130 e. The molecule has 2 aromatic rings. The van der Waals surface area contributed by atoms with Gasteiger partial charge >= 0.3 is 0 Å². The molecule has 1 nitrogen and oxygen atoms in total. The molecule has 2 aromatic carbocycles. The molecule has 0 spiro atoms. The zero-order valence-electron chi connectivity index (χ0n) is 12.7. The van der Waals surface area contributed by atoms with Gasteiger partial charge in [0.25, 0.3) is 0 Å². The average Bonchev–Trinajstić information content (AvgIpc) is 2.47. The SMILES string of the molecule is CCCCc1ccc(Oc2ccccc2C(C)C)cc1. The minimum Gasteiger partial charge on any atom is -0.457 e. The van der Waals surface area contributed by atoms with Gasteiger partial charge in [-0.1, -0.05) is 57.5 Å². The van der Waals surface area contributed by atoms with Gasteiger partial charge in [0, 0.05) is 0 Å². The summed E-state index contributed by atoms with van der Waals surface area (Å²) in [6, 6.07) is 16.7. The molecule has 1 heteroatoms. The maximum atomic E-state index is 6.03. The summed E-state index contributed by atoms with van der Waals surface area (Å²) in [5.41, 5.74) is 2.64. The van der Waals surface area contributed by atoms with Gasteiger partial charge in [-0.15, -0.1) is 0 Å². The Kier molecular flexibility index (Phi) is 5.23. The Hall–Kier alpha value is -1.76. The maximum Gasteiger partial charge on any atom is 0.130 e. The number of para-hydroxylation sites is 1. The number of hydrogen-bond acceptors (Lipinski definition) is 1. The van der Waals surface area contributed by atoms with E-state index >= 15 is 0 Å². The highest BCUT2D eigenvalue weighted by molar-refractivity contribution is 5.40. The predicted molar refractivity (Wildman–Crippen MR) is 85.7 cm³/mol. The van der Waals surface area contributed by atoms with Crippen LogP contribution < -0.4 is 4.74 Å². The van der Waals surface area contributed by atoms with Crippen LogP contribution in [0.25, 0.3) is 0 Å². The maximum absolute atomic E-state index is 6.03. The summed E-state index contributed by atoms with van der Waals surface area (Å²) in [7, 11) is 0. The van der Waals surface area contributed by atoms with Gasteiger partial charge in [-0.05, 0) is 48.1 Å². The molecule has 0 fully saturated rings. The van der Waals surface area contributed by atoms with Crippen LogP contribution in [0.2, 0.25) is 0 Å². The summed E-state index contributed by atoms with van der Waals surface area (Å²) >= 11 is 0. The lowest BCUT2D eigenvalue weighted by molar-refractivity contribution is 0.473. The van der Waals surface area contributed by atoms with Crippen molar-refractivity contribution >= 4 is 0 Å². The monoisotopic (exact) mass is 268 g/mol. The van der Waals surface area contributed by atoms with Crippen molar-refractivity contribution in [1.82, 2.24) is 0 Å². The van der Waals surface area contributed by atoms with E-state index in [0.29, 0.717) is 5.92 Å². The second kappa shape index (κ2) is 7.14. The van der Waals surface area contributed by atoms with Crippen LogP contribution in [-0.2, 0) is 6.42 Å². The number of ether oxygens (including phenoxy) is 1. The lowest BCUT2D eigenvalue weighted by atomic mass is 10.0. The zero-order valence-corrected chi connectivity index (χ0v) is 12.7. The molecule has 0 N–H and O–H groups in total. The van der Waals surface area contributed by atoms with Crippen LogP contribution in [0.4, 0.5) is 0 Å². The molecule has 106 valence electrons. The van der Waals surface area contributed by atoms with Crippen molar-refractivity contribution in [3.63, 3.8) is 0 Å². The first-order valence-corrected chi connectivity index (χ1v) is 7.56. The van der Waals surface area contributed by atoms with Gasteiger partial charge in [0.15, 0.2) is 0 Å². The van der Waals surface area contributed by atoms with E-state index < -0.39 is 0 Å². The van der Waals surface area contributed by atoms with Gasteiger partial charge in [0.1, 0.15) is 11.5 Å². The van der Waals surface area contributed by atoms with E-state index in [1.54, 1.807) is 0 Å². The van der Waals surface area contributed by atoms with Crippen molar-refractivity contribution in [2.45, 2.75) is 46.0 Å². The van der Waals surface area contributed by atoms with Crippen molar-refractivity contribution in [3.8, 4) is 11.5 Å². The fraction of sp³-hybridized carbons (Fsp3) is 0.368. The third-order valence-corrected chi connectivity index (χ3v) is 3.51. The molecule has 20 heavy (non-hydrogen) atoms. The minimum absolute atomic E-state index is 0.468. The first-order valence-electron chi connectivity index (χ1n) is 7.56. The van der Waals surface area contributed by atoms with Crippen LogP contribution in [0.15, 0.2) is 48.5 Å². The molecular formula is C19H24O. The van der Waals surface area contributed by atoms with E-state index in [1.807, 2.05) is 12.1 Å². The summed E-state index contributed by atoms with van der Waals surface area (Å²) in [6.07, 6.45) is 3.63. The summed E-state index contributed by atoms with van der Waals surface area (Å²) in [6.45, 7) is 6.60. The highest BCUT2D eigenvalue weighted by atomic mass is 16.5. The van der Waals surface area contributed by atoms with Crippen LogP contribution in [-0.4, -0.2) is 0 Å². The molecule has 0 aliphatic rings. The summed E-state index contributed by atoms with van der Waals surface area (Å²) in [4.78, 5) is 0. The Morgan fingerprint density at radius 3 is 2.30 bits per heavy atom. The topological polar surface area (TPSA) is 9.23 Å². The van der Waals surface area contributed by atoms with Crippen LogP contribution in [0, 0.1) is 0 Å². The number of hydrogen-bond donors (Lipinski definition) is 0. The predicted octanol–water partition coefficient (Wildman–Crippen LogP) is 5.94. The van der Waals surface area contributed by atoms with Gasteiger partial charge in [0.2, 0.25) is 0 Å². The standard InChI is InChI=1S/C19H24O/c1-4-5-8-16-11-13-17(14-12-16)20-19-10-7-6-9-18(19)15(2)3/h6-7,9-15H,4-5,8H2,1-3H3. The summed E-state index contributed by atoms with van der Waals surface area (Å²) in [5.74, 6) is 2.34. The first kappa shape index (κ1) is 14.6. The molecule has 0 atom stereocenters. The van der Waals surface area contributed by atoms with Crippen molar-refractivity contribution in [3.05, 3.63) is 59.7 Å². The molecule has 0 amide bonds. The lowest BCUT2D eigenvalue weighted by Gasteiger charge is -2.13. The molecule has 0 aliphatic carbocycles. The number of aryl methyl sites for hydroxylation is 1. The molecule has 0 radical (unpaired) electrons. The van der Waals surface area contributed by atoms with Gasteiger partial charge < -0.3 is 4.74 Å². The Morgan fingerprint density at radius 2 is 1.65 bits per heavy atom. The molecule has 0 heterocycles. The van der Waals surface area contributed by atoms with Gasteiger partial charge in [0.05, 0.1) is 0 Å². The van der Waals surface area contributed by atoms with Crippen molar-refractivity contribution in [1.29, 1.82) is 0 Å². The Bertz CT molecular complexity index is 526. The Labute approximate surface area is 122 Å². The van der Waals surface area contributed by atoms with Gasteiger partial charge in [-0.25, -0.2) is 0 Å². The van der Waals surface area contributed by atoms with Crippen molar-refractivity contribution in [2.24, 2.45) is 0 Å². The largest absolute Gasteiger partial charge is 0.457 e.